The number of hydrogen-bond donors (Lipinski definition) is 2. The van der Waals surface area contributed by atoms with Gasteiger partial charge in [-0.2, -0.15) is 13.2 Å². The van der Waals surface area contributed by atoms with Crippen molar-refractivity contribution in [3.63, 3.8) is 0 Å². The summed E-state index contributed by atoms with van der Waals surface area (Å²) in [6.45, 7) is 1.23. The molecule has 12 heteroatoms. The Hall–Kier alpha value is -4.22. The van der Waals surface area contributed by atoms with Crippen LogP contribution in [0, 0.1) is 0 Å². The van der Waals surface area contributed by atoms with Crippen molar-refractivity contribution in [2.24, 2.45) is 0 Å². The predicted molar refractivity (Wildman–Crippen MR) is 125 cm³/mol. The van der Waals surface area contributed by atoms with Gasteiger partial charge in [-0.1, -0.05) is 35.5 Å². The third-order valence-electron chi connectivity index (χ3n) is 6.20. The van der Waals surface area contributed by atoms with Crippen LogP contribution in [0.5, 0.6) is 0 Å². The Labute approximate surface area is 203 Å². The van der Waals surface area contributed by atoms with Gasteiger partial charge in [0.1, 0.15) is 5.82 Å². The average molecular weight is 497 g/mol. The fourth-order valence-electron chi connectivity index (χ4n) is 4.24. The molecule has 0 spiro atoms. The molecule has 2 N–H and O–H groups in total. The summed E-state index contributed by atoms with van der Waals surface area (Å²) in [4.78, 5) is 34.3. The summed E-state index contributed by atoms with van der Waals surface area (Å²) in [5.74, 6) is 0.448. The van der Waals surface area contributed by atoms with Gasteiger partial charge >= 0.3 is 12.2 Å². The molecule has 2 aromatic heterocycles. The molecule has 1 aliphatic heterocycles. The van der Waals surface area contributed by atoms with Crippen LogP contribution in [0.1, 0.15) is 35.7 Å². The first-order valence-electron chi connectivity index (χ1n) is 11.4. The zero-order valence-corrected chi connectivity index (χ0v) is 19.0. The van der Waals surface area contributed by atoms with Gasteiger partial charge in [0.15, 0.2) is 11.2 Å². The zero-order valence-electron chi connectivity index (χ0n) is 19.0. The molecule has 1 saturated heterocycles. The van der Waals surface area contributed by atoms with Crippen LogP contribution in [0.4, 0.5) is 23.7 Å². The third-order valence-corrected chi connectivity index (χ3v) is 6.20. The lowest BCUT2D eigenvalue weighted by atomic mass is 9.96. The van der Waals surface area contributed by atoms with Gasteiger partial charge in [0, 0.05) is 24.7 Å². The molecule has 0 saturated carbocycles. The highest BCUT2D eigenvalue weighted by Gasteiger charge is 2.30. The smallest absolute Gasteiger partial charge is 0.324 e. The van der Waals surface area contributed by atoms with Crippen molar-refractivity contribution < 1.29 is 18.0 Å². The van der Waals surface area contributed by atoms with E-state index in [2.05, 4.69) is 25.6 Å². The number of anilines is 1. The van der Waals surface area contributed by atoms with Crippen molar-refractivity contribution in [3.05, 3.63) is 81.9 Å². The maximum Gasteiger partial charge on any atom is 0.416 e. The number of carbonyl (C=O) groups excluding carboxylic acids is 1. The Morgan fingerprint density at radius 2 is 1.75 bits per heavy atom. The van der Waals surface area contributed by atoms with Crippen molar-refractivity contribution in [2.45, 2.75) is 31.5 Å². The van der Waals surface area contributed by atoms with Crippen LogP contribution in [-0.4, -0.2) is 49.0 Å². The molecule has 1 aliphatic rings. The van der Waals surface area contributed by atoms with Crippen molar-refractivity contribution in [2.75, 3.05) is 18.4 Å². The molecule has 186 valence electrons. The molecule has 2 amide bonds. The number of amides is 2. The van der Waals surface area contributed by atoms with Crippen LogP contribution < -0.4 is 10.9 Å². The molecule has 0 atom stereocenters. The quantitative estimate of drug-likeness (QED) is 0.443. The molecule has 0 unspecified atom stereocenters. The van der Waals surface area contributed by atoms with Gasteiger partial charge in [0.25, 0.3) is 5.56 Å². The van der Waals surface area contributed by atoms with E-state index in [-0.39, 0.29) is 22.7 Å². The van der Waals surface area contributed by atoms with Crippen LogP contribution in [0.15, 0.2) is 59.4 Å². The van der Waals surface area contributed by atoms with Gasteiger partial charge in [-0.3, -0.25) is 4.79 Å². The first kappa shape index (κ1) is 23.5. The molecule has 4 aromatic rings. The van der Waals surface area contributed by atoms with Gasteiger partial charge in [0.05, 0.1) is 12.1 Å². The van der Waals surface area contributed by atoms with Crippen LogP contribution in [0.25, 0.3) is 11.2 Å². The normalized spacial score (nSPS) is 14.8. The highest BCUT2D eigenvalue weighted by Crippen LogP contribution is 2.30. The average Bonchev–Trinajstić information content (AvgIpc) is 3.27. The van der Waals surface area contributed by atoms with Gasteiger partial charge in [0.2, 0.25) is 0 Å². The molecule has 36 heavy (non-hydrogen) atoms. The number of H-pyrrole nitrogens is 1. The monoisotopic (exact) mass is 497 g/mol. The topological polar surface area (TPSA) is 109 Å². The summed E-state index contributed by atoms with van der Waals surface area (Å²) in [6, 6.07) is 13.6. The second-order valence-electron chi connectivity index (χ2n) is 8.62. The number of alkyl halides is 3. The van der Waals surface area contributed by atoms with E-state index in [1.54, 1.807) is 9.58 Å². The fraction of sp³-hybridized carbons (Fsp3) is 0.292. The predicted octanol–water partition coefficient (Wildman–Crippen LogP) is 3.99. The van der Waals surface area contributed by atoms with Crippen molar-refractivity contribution in [1.29, 1.82) is 0 Å². The van der Waals surface area contributed by atoms with E-state index in [0.29, 0.717) is 43.9 Å². The molecule has 5 rings (SSSR count). The maximum absolute atomic E-state index is 12.7. The number of nitrogens with zero attached hydrogens (tertiary/aromatic N) is 5. The Morgan fingerprint density at radius 1 is 1.06 bits per heavy atom. The highest BCUT2D eigenvalue weighted by molar-refractivity contribution is 5.89. The lowest BCUT2D eigenvalue weighted by Crippen LogP contribution is -2.41. The van der Waals surface area contributed by atoms with Gasteiger partial charge in [-0.25, -0.2) is 14.5 Å². The molecular weight excluding hydrogens is 475 g/mol. The van der Waals surface area contributed by atoms with Gasteiger partial charge in [-0.15, -0.1) is 5.10 Å². The largest absolute Gasteiger partial charge is 0.416 e. The number of rotatable bonds is 4. The minimum atomic E-state index is -4.43. The molecule has 0 bridgehead atoms. The van der Waals surface area contributed by atoms with Crippen molar-refractivity contribution in [1.82, 2.24) is 29.9 Å². The number of carbonyl (C=O) groups is 1. The molecule has 0 aliphatic carbocycles. The second kappa shape index (κ2) is 9.44. The molecule has 9 nitrogen and oxygen atoms in total. The number of aromatic amines is 1. The Kier molecular flexibility index (Phi) is 6.17. The summed E-state index contributed by atoms with van der Waals surface area (Å²) in [5.41, 5.74) is 0.714. The molecule has 0 radical (unpaired) electrons. The Bertz CT molecular complexity index is 1420. The SMILES string of the molecule is O=C(Nc1ccc(C(F)(F)F)cc1)N1CCC(c2nc3c(nnn3Cc3ccccc3)c(=O)[nH]2)CC1. The summed E-state index contributed by atoms with van der Waals surface area (Å²) in [5, 5.41) is 10.7. The van der Waals surface area contributed by atoms with E-state index in [1.807, 2.05) is 30.3 Å². The standard InChI is InChI=1S/C24H22F3N7O2/c25-24(26,27)17-6-8-18(9-7-17)28-23(36)33-12-10-16(11-13-33)20-29-21-19(22(35)30-20)31-32-34(21)14-15-4-2-1-3-5-15/h1-9,16H,10-14H2,(H,28,36)(H,29,30,35). The first-order chi connectivity index (χ1) is 17.3. The number of halogens is 3. The fourth-order valence-corrected chi connectivity index (χ4v) is 4.24. The number of piperidine rings is 1. The van der Waals surface area contributed by atoms with E-state index in [1.165, 1.54) is 12.1 Å². The third kappa shape index (κ3) is 4.92. The summed E-state index contributed by atoms with van der Waals surface area (Å²) in [7, 11) is 0. The van der Waals surface area contributed by atoms with E-state index in [9.17, 15) is 22.8 Å². The van der Waals surface area contributed by atoms with E-state index >= 15 is 0 Å². The molecule has 3 heterocycles. The zero-order chi connectivity index (χ0) is 25.3. The van der Waals surface area contributed by atoms with Crippen molar-refractivity contribution >= 4 is 22.9 Å². The second-order valence-corrected chi connectivity index (χ2v) is 8.62. The van der Waals surface area contributed by atoms with Crippen LogP contribution in [-0.2, 0) is 12.7 Å². The van der Waals surface area contributed by atoms with Crippen LogP contribution in [0.3, 0.4) is 0 Å². The number of urea groups is 1. The number of aromatic nitrogens is 5. The lowest BCUT2D eigenvalue weighted by Gasteiger charge is -2.31. The molecule has 2 aromatic carbocycles. The summed E-state index contributed by atoms with van der Waals surface area (Å²) >= 11 is 0. The van der Waals surface area contributed by atoms with Gasteiger partial charge < -0.3 is 15.2 Å². The number of benzene rings is 2. The number of fused-ring (bicyclic) bond motifs is 1. The van der Waals surface area contributed by atoms with E-state index in [4.69, 9.17) is 0 Å². The number of hydrogen-bond acceptors (Lipinski definition) is 5. The van der Waals surface area contributed by atoms with E-state index in [0.717, 1.165) is 17.7 Å². The lowest BCUT2D eigenvalue weighted by molar-refractivity contribution is -0.137. The first-order valence-corrected chi connectivity index (χ1v) is 11.4. The maximum atomic E-state index is 12.7. The molecule has 1 fully saturated rings. The molecular formula is C24H22F3N7O2. The number of nitrogens with one attached hydrogen (secondary N) is 2. The van der Waals surface area contributed by atoms with E-state index < -0.39 is 17.8 Å². The van der Waals surface area contributed by atoms with Gasteiger partial charge in [-0.05, 0) is 42.7 Å². The van der Waals surface area contributed by atoms with Crippen LogP contribution >= 0.6 is 0 Å². The van der Waals surface area contributed by atoms with Crippen LogP contribution in [0.2, 0.25) is 0 Å². The Morgan fingerprint density at radius 3 is 2.42 bits per heavy atom. The highest BCUT2D eigenvalue weighted by atomic mass is 19.4. The summed E-state index contributed by atoms with van der Waals surface area (Å²) in [6.07, 6.45) is -3.30. The Balaban J connectivity index is 1.25. The van der Waals surface area contributed by atoms with Crippen molar-refractivity contribution in [3.8, 4) is 0 Å². The number of likely N-dealkylation sites (tertiary alicyclic amines) is 1. The minimum absolute atomic E-state index is 0.0719. The summed E-state index contributed by atoms with van der Waals surface area (Å²) < 4.78 is 39.8. The minimum Gasteiger partial charge on any atom is -0.324 e.